The summed E-state index contributed by atoms with van der Waals surface area (Å²) in [6, 6.07) is 2.02. The van der Waals surface area contributed by atoms with Crippen molar-refractivity contribution in [1.29, 1.82) is 0 Å². The monoisotopic (exact) mass is 317 g/mol. The van der Waals surface area contributed by atoms with E-state index in [2.05, 4.69) is 4.98 Å². The zero-order valence-electron chi connectivity index (χ0n) is 12.6. The van der Waals surface area contributed by atoms with Crippen molar-refractivity contribution in [3.05, 3.63) is 35.2 Å². The molecule has 0 saturated heterocycles. The highest BCUT2D eigenvalue weighted by molar-refractivity contribution is 5.91. The lowest BCUT2D eigenvalue weighted by molar-refractivity contribution is -0.141. The number of carbonyl (C=O) groups is 1. The first-order chi connectivity index (χ1) is 10.3. The number of pyridine rings is 1. The van der Waals surface area contributed by atoms with E-state index in [1.54, 1.807) is 13.0 Å². The highest BCUT2D eigenvalue weighted by atomic mass is 19.4. The number of rotatable bonds is 6. The lowest BCUT2D eigenvalue weighted by atomic mass is 10.1. The van der Waals surface area contributed by atoms with Crippen molar-refractivity contribution in [2.45, 2.75) is 32.5 Å². The summed E-state index contributed by atoms with van der Waals surface area (Å²) in [5.41, 5.74) is -1.24. The summed E-state index contributed by atoms with van der Waals surface area (Å²) in [6.45, 7) is 3.52. The van der Waals surface area contributed by atoms with Crippen LogP contribution in [0.5, 0.6) is 0 Å². The smallest absolute Gasteiger partial charge is 0.433 e. The van der Waals surface area contributed by atoms with Gasteiger partial charge in [-0.25, -0.2) is 9.78 Å². The van der Waals surface area contributed by atoms with E-state index in [4.69, 9.17) is 9.47 Å². The molecule has 1 aromatic rings. The van der Waals surface area contributed by atoms with Crippen molar-refractivity contribution in [2.24, 2.45) is 0 Å². The first-order valence-corrected chi connectivity index (χ1v) is 6.79. The quantitative estimate of drug-likeness (QED) is 0.750. The minimum Gasteiger partial charge on any atom is -0.461 e. The molecule has 0 aliphatic carbocycles. The van der Waals surface area contributed by atoms with Crippen LogP contribution in [-0.4, -0.2) is 30.8 Å². The Balaban J connectivity index is 3.23. The Hall–Kier alpha value is -1.89. The molecule has 0 fully saturated rings. The summed E-state index contributed by atoms with van der Waals surface area (Å²) < 4.78 is 48.1. The third kappa shape index (κ3) is 4.84. The van der Waals surface area contributed by atoms with Crippen LogP contribution in [0.3, 0.4) is 0 Å². The predicted octanol–water partition coefficient (Wildman–Crippen LogP) is 3.72. The van der Waals surface area contributed by atoms with Gasteiger partial charge in [0, 0.05) is 12.7 Å². The van der Waals surface area contributed by atoms with Crippen LogP contribution < -0.4 is 0 Å². The van der Waals surface area contributed by atoms with Crippen molar-refractivity contribution in [2.75, 3.05) is 13.7 Å². The van der Waals surface area contributed by atoms with E-state index in [0.29, 0.717) is 6.42 Å². The third-order valence-corrected chi connectivity index (χ3v) is 2.88. The number of methoxy groups -OCH3 is 1. The summed E-state index contributed by atoms with van der Waals surface area (Å²) in [5.74, 6) is -0.890. The number of hydrogen-bond acceptors (Lipinski definition) is 4. The lowest BCUT2D eigenvalue weighted by Gasteiger charge is -2.11. The maximum atomic E-state index is 12.7. The van der Waals surface area contributed by atoms with Gasteiger partial charge in [0.1, 0.15) is 5.69 Å². The largest absolute Gasteiger partial charge is 0.461 e. The zero-order valence-corrected chi connectivity index (χ0v) is 12.6. The molecule has 0 aliphatic heterocycles. The number of nitrogens with zero attached hydrogens (tertiary/aromatic N) is 1. The van der Waals surface area contributed by atoms with Gasteiger partial charge in [-0.3, -0.25) is 0 Å². The van der Waals surface area contributed by atoms with Gasteiger partial charge in [-0.2, -0.15) is 13.2 Å². The van der Waals surface area contributed by atoms with Crippen molar-refractivity contribution in [1.82, 2.24) is 4.98 Å². The summed E-state index contributed by atoms with van der Waals surface area (Å²) >= 11 is 0. The topological polar surface area (TPSA) is 48.4 Å². The second-order valence-electron chi connectivity index (χ2n) is 4.39. The van der Waals surface area contributed by atoms with Gasteiger partial charge in [-0.15, -0.1) is 0 Å². The van der Waals surface area contributed by atoms with Crippen molar-refractivity contribution in [3.63, 3.8) is 0 Å². The predicted molar refractivity (Wildman–Crippen MR) is 75.3 cm³/mol. The molecule has 4 nitrogen and oxygen atoms in total. The molecule has 0 amide bonds. The molecule has 1 heterocycles. The Morgan fingerprint density at radius 1 is 1.36 bits per heavy atom. The number of halogens is 3. The van der Waals surface area contributed by atoms with Gasteiger partial charge < -0.3 is 9.47 Å². The first-order valence-electron chi connectivity index (χ1n) is 6.79. The van der Waals surface area contributed by atoms with Crippen LogP contribution >= 0.6 is 0 Å². The molecule has 1 unspecified atom stereocenters. The van der Waals surface area contributed by atoms with Crippen molar-refractivity contribution < 1.29 is 27.4 Å². The fourth-order valence-corrected chi connectivity index (χ4v) is 1.72. The fraction of sp³-hybridized carbons (Fsp3) is 0.467. The van der Waals surface area contributed by atoms with Crippen LogP contribution in [0.4, 0.5) is 13.2 Å². The van der Waals surface area contributed by atoms with Gasteiger partial charge in [0.25, 0.3) is 0 Å². The molecule has 0 bridgehead atoms. The van der Waals surface area contributed by atoms with E-state index in [0.717, 1.165) is 6.07 Å². The molecule has 7 heteroatoms. The average molecular weight is 317 g/mol. The number of aromatic nitrogens is 1. The second-order valence-corrected chi connectivity index (χ2v) is 4.39. The highest BCUT2D eigenvalue weighted by Gasteiger charge is 2.33. The van der Waals surface area contributed by atoms with Crippen LogP contribution in [0.15, 0.2) is 18.2 Å². The Kier molecular flexibility index (Phi) is 6.55. The van der Waals surface area contributed by atoms with Crippen LogP contribution in [0.2, 0.25) is 0 Å². The molecule has 0 radical (unpaired) electrons. The molecule has 22 heavy (non-hydrogen) atoms. The fourth-order valence-electron chi connectivity index (χ4n) is 1.72. The van der Waals surface area contributed by atoms with Gasteiger partial charge in [0.05, 0.1) is 12.7 Å². The molecular weight excluding hydrogens is 299 g/mol. The van der Waals surface area contributed by atoms with Crippen LogP contribution in [0, 0.1) is 0 Å². The van der Waals surface area contributed by atoms with E-state index in [1.807, 2.05) is 6.92 Å². The lowest BCUT2D eigenvalue weighted by Crippen LogP contribution is -2.15. The number of ether oxygens (including phenoxy) is 2. The van der Waals surface area contributed by atoms with Crippen LogP contribution in [0.1, 0.15) is 42.0 Å². The second kappa shape index (κ2) is 7.93. The average Bonchev–Trinajstić information content (AvgIpc) is 2.47. The number of esters is 1. The van der Waals surface area contributed by atoms with Gasteiger partial charge in [-0.05, 0) is 19.4 Å². The van der Waals surface area contributed by atoms with Gasteiger partial charge in [-0.1, -0.05) is 25.1 Å². The maximum absolute atomic E-state index is 12.7. The number of hydrogen-bond donors (Lipinski definition) is 0. The Labute approximate surface area is 126 Å². The molecular formula is C15H18F3NO3. The first kappa shape index (κ1) is 18.2. The molecule has 0 N–H and O–H groups in total. The summed E-state index contributed by atoms with van der Waals surface area (Å²) in [5, 5.41) is 0. The third-order valence-electron chi connectivity index (χ3n) is 2.88. The molecule has 1 atom stereocenters. The molecule has 1 aromatic heterocycles. The molecule has 0 saturated carbocycles. The highest BCUT2D eigenvalue weighted by Crippen LogP contribution is 2.28. The minimum absolute atomic E-state index is 0.0512. The Morgan fingerprint density at radius 3 is 2.55 bits per heavy atom. The molecule has 0 aliphatic rings. The van der Waals surface area contributed by atoms with Crippen molar-refractivity contribution in [3.8, 4) is 0 Å². The Bertz CT molecular complexity index is 537. The van der Waals surface area contributed by atoms with Gasteiger partial charge in [0.15, 0.2) is 5.69 Å². The van der Waals surface area contributed by atoms with Crippen molar-refractivity contribution >= 4 is 12.0 Å². The van der Waals surface area contributed by atoms with Crippen LogP contribution in [0.25, 0.3) is 6.08 Å². The molecule has 0 spiro atoms. The number of carbonyl (C=O) groups excluding carboxylic acids is 1. The summed E-state index contributed by atoms with van der Waals surface area (Å²) in [6.07, 6.45) is -0.959. The number of alkyl halides is 3. The minimum atomic E-state index is -4.62. The molecule has 122 valence electrons. The van der Waals surface area contributed by atoms with E-state index >= 15 is 0 Å². The normalized spacial score (nSPS) is 13.4. The van der Waals surface area contributed by atoms with Gasteiger partial charge >= 0.3 is 12.1 Å². The summed E-state index contributed by atoms with van der Waals surface area (Å²) in [4.78, 5) is 15.2. The van der Waals surface area contributed by atoms with Crippen LogP contribution in [-0.2, 0) is 15.7 Å². The molecule has 0 aromatic carbocycles. The van der Waals surface area contributed by atoms with E-state index in [1.165, 1.54) is 19.3 Å². The standard InChI is InChI=1S/C15H18F3NO3/c1-4-11(21-3)8-6-10-7-9-12(15(16,17)18)19-13(10)14(20)22-5-2/h6-9,11H,4-5H2,1-3H3/b8-6+. The Morgan fingerprint density at radius 2 is 2.05 bits per heavy atom. The van der Waals surface area contributed by atoms with Gasteiger partial charge in [0.2, 0.25) is 0 Å². The molecule has 1 rings (SSSR count). The zero-order chi connectivity index (χ0) is 16.8. The maximum Gasteiger partial charge on any atom is 0.433 e. The van der Waals surface area contributed by atoms with E-state index in [9.17, 15) is 18.0 Å². The summed E-state index contributed by atoms with van der Waals surface area (Å²) in [7, 11) is 1.52. The van der Waals surface area contributed by atoms with E-state index in [-0.39, 0.29) is 24.0 Å². The van der Waals surface area contributed by atoms with E-state index < -0.39 is 17.8 Å². The SMILES string of the molecule is CCOC(=O)c1nc(C(F)(F)F)ccc1/C=C/C(CC)OC.